The molecule has 4 rings (SSSR count). The summed E-state index contributed by atoms with van der Waals surface area (Å²) >= 11 is 5.45. The third-order valence-electron chi connectivity index (χ3n) is 4.95. The minimum Gasteiger partial charge on any atom is -0.492 e. The Morgan fingerprint density at radius 2 is 1.71 bits per heavy atom. The number of rotatable bonds is 6. The zero-order valence-electron chi connectivity index (χ0n) is 16.0. The second-order valence-electron chi connectivity index (χ2n) is 6.80. The molecule has 2 heterocycles. The van der Waals surface area contributed by atoms with Gasteiger partial charge in [0.2, 0.25) is 4.77 Å². The van der Waals surface area contributed by atoms with E-state index in [9.17, 15) is 0 Å². The third kappa shape index (κ3) is 4.10. The summed E-state index contributed by atoms with van der Waals surface area (Å²) in [6.45, 7) is 7.25. The fraction of sp³-hybridized carbons (Fsp3) is 0.333. The number of hydrogen-bond donors (Lipinski definition) is 1. The van der Waals surface area contributed by atoms with Crippen LogP contribution in [0.4, 0.5) is 5.69 Å². The van der Waals surface area contributed by atoms with Crippen molar-refractivity contribution in [2.75, 3.05) is 37.7 Å². The van der Waals surface area contributed by atoms with Crippen LogP contribution >= 0.6 is 12.2 Å². The van der Waals surface area contributed by atoms with Crippen molar-refractivity contribution in [2.24, 2.45) is 0 Å². The average molecular weight is 396 g/mol. The molecule has 0 radical (unpaired) electrons. The van der Waals surface area contributed by atoms with Gasteiger partial charge in [-0.3, -0.25) is 10.00 Å². The van der Waals surface area contributed by atoms with Gasteiger partial charge in [-0.25, -0.2) is 4.68 Å². The van der Waals surface area contributed by atoms with Crippen LogP contribution in [-0.2, 0) is 6.67 Å². The number of para-hydroxylation sites is 2. The average Bonchev–Trinajstić information content (AvgIpc) is 3.10. The van der Waals surface area contributed by atoms with Gasteiger partial charge in [0, 0.05) is 31.7 Å². The number of nitrogens with one attached hydrogen (secondary N) is 1. The number of benzene rings is 2. The standard InChI is InChI=1S/C21H25N5OS/c1-2-27-19-11-7-6-10-18(19)25-14-12-24(13-15-25)16-26-21(28)22-20(23-26)17-8-4-3-5-9-17/h3-11H,2,12-16H2,1H3,(H,22,23,28). The molecule has 0 aliphatic carbocycles. The van der Waals surface area contributed by atoms with E-state index in [1.807, 2.05) is 54.1 Å². The second kappa shape index (κ2) is 8.58. The summed E-state index contributed by atoms with van der Waals surface area (Å²) in [7, 11) is 0. The van der Waals surface area contributed by atoms with E-state index in [1.54, 1.807) is 0 Å². The molecule has 1 N–H and O–H groups in total. The molecular formula is C21H25N5OS. The number of nitrogens with zero attached hydrogens (tertiary/aromatic N) is 4. The first kappa shape index (κ1) is 18.7. The predicted molar refractivity (Wildman–Crippen MR) is 114 cm³/mol. The van der Waals surface area contributed by atoms with E-state index in [2.05, 4.69) is 32.0 Å². The highest BCUT2D eigenvalue weighted by Gasteiger charge is 2.20. The molecule has 0 unspecified atom stereocenters. The van der Waals surface area contributed by atoms with Gasteiger partial charge in [0.15, 0.2) is 5.82 Å². The predicted octanol–water partition coefficient (Wildman–Crippen LogP) is 3.79. The molecule has 1 fully saturated rings. The Bertz CT molecular complexity index is 960. The number of piperazine rings is 1. The maximum absolute atomic E-state index is 5.79. The second-order valence-corrected chi connectivity index (χ2v) is 7.16. The molecular weight excluding hydrogens is 370 g/mol. The molecule has 146 valence electrons. The molecule has 0 amide bonds. The maximum atomic E-state index is 5.79. The van der Waals surface area contributed by atoms with E-state index in [1.165, 1.54) is 5.69 Å². The molecule has 1 aliphatic rings. The third-order valence-corrected chi connectivity index (χ3v) is 5.26. The number of H-pyrrole nitrogens is 1. The monoisotopic (exact) mass is 395 g/mol. The number of anilines is 1. The Hall–Kier alpha value is -2.64. The lowest BCUT2D eigenvalue weighted by Gasteiger charge is -2.36. The van der Waals surface area contributed by atoms with Crippen molar-refractivity contribution in [1.29, 1.82) is 0 Å². The van der Waals surface area contributed by atoms with E-state index in [4.69, 9.17) is 17.0 Å². The van der Waals surface area contributed by atoms with Crippen molar-refractivity contribution in [3.05, 3.63) is 59.4 Å². The fourth-order valence-corrected chi connectivity index (χ4v) is 3.70. The summed E-state index contributed by atoms with van der Waals surface area (Å²) in [6.07, 6.45) is 0. The van der Waals surface area contributed by atoms with Gasteiger partial charge < -0.3 is 9.64 Å². The molecule has 2 aromatic carbocycles. The van der Waals surface area contributed by atoms with Crippen molar-refractivity contribution in [2.45, 2.75) is 13.6 Å². The molecule has 28 heavy (non-hydrogen) atoms. The Balaban J connectivity index is 1.40. The van der Waals surface area contributed by atoms with Gasteiger partial charge in [0.1, 0.15) is 5.75 Å². The van der Waals surface area contributed by atoms with Crippen molar-refractivity contribution < 1.29 is 4.74 Å². The van der Waals surface area contributed by atoms with Crippen molar-refractivity contribution in [3.63, 3.8) is 0 Å². The number of aromatic amines is 1. The first-order chi connectivity index (χ1) is 13.7. The molecule has 1 aromatic heterocycles. The van der Waals surface area contributed by atoms with Gasteiger partial charge in [-0.05, 0) is 31.3 Å². The van der Waals surface area contributed by atoms with Crippen LogP contribution in [0.5, 0.6) is 5.75 Å². The highest BCUT2D eigenvalue weighted by molar-refractivity contribution is 7.71. The zero-order valence-corrected chi connectivity index (χ0v) is 16.9. The maximum Gasteiger partial charge on any atom is 0.217 e. The van der Waals surface area contributed by atoms with Crippen LogP contribution in [0, 0.1) is 4.77 Å². The smallest absolute Gasteiger partial charge is 0.217 e. The molecule has 7 heteroatoms. The number of ether oxygens (including phenoxy) is 1. The van der Waals surface area contributed by atoms with Crippen molar-refractivity contribution >= 4 is 17.9 Å². The lowest BCUT2D eigenvalue weighted by Crippen LogP contribution is -2.47. The van der Waals surface area contributed by atoms with Gasteiger partial charge in [0.05, 0.1) is 19.0 Å². The Labute approximate surface area is 170 Å². The lowest BCUT2D eigenvalue weighted by molar-refractivity contribution is 0.194. The topological polar surface area (TPSA) is 49.3 Å². The SMILES string of the molecule is CCOc1ccccc1N1CCN(Cn2[nH]c(-c3ccccc3)nc2=S)CC1. The first-order valence-corrected chi connectivity index (χ1v) is 10.1. The van der Waals surface area contributed by atoms with Crippen LogP contribution in [-0.4, -0.2) is 52.5 Å². The molecule has 0 spiro atoms. The summed E-state index contributed by atoms with van der Waals surface area (Å²) in [6, 6.07) is 18.3. The van der Waals surface area contributed by atoms with Crippen molar-refractivity contribution in [1.82, 2.24) is 19.7 Å². The highest BCUT2D eigenvalue weighted by atomic mass is 32.1. The van der Waals surface area contributed by atoms with Crippen LogP contribution in [0.3, 0.4) is 0 Å². The van der Waals surface area contributed by atoms with Crippen LogP contribution in [0.15, 0.2) is 54.6 Å². The van der Waals surface area contributed by atoms with Gasteiger partial charge >= 0.3 is 0 Å². The number of hydrogen-bond acceptors (Lipinski definition) is 5. The summed E-state index contributed by atoms with van der Waals surface area (Å²) in [5, 5.41) is 3.34. The summed E-state index contributed by atoms with van der Waals surface area (Å²) in [4.78, 5) is 9.29. The van der Waals surface area contributed by atoms with Crippen LogP contribution in [0.2, 0.25) is 0 Å². The molecule has 3 aromatic rings. The van der Waals surface area contributed by atoms with Gasteiger partial charge in [-0.15, -0.1) is 0 Å². The Kier molecular flexibility index (Phi) is 5.73. The van der Waals surface area contributed by atoms with E-state index < -0.39 is 0 Å². The summed E-state index contributed by atoms with van der Waals surface area (Å²) in [5.41, 5.74) is 2.22. The Morgan fingerprint density at radius 3 is 2.46 bits per heavy atom. The van der Waals surface area contributed by atoms with Gasteiger partial charge in [-0.1, -0.05) is 42.5 Å². The number of aromatic nitrogens is 3. The summed E-state index contributed by atoms with van der Waals surface area (Å²) in [5.74, 6) is 1.77. The van der Waals surface area contributed by atoms with Crippen molar-refractivity contribution in [3.8, 4) is 17.1 Å². The molecule has 0 saturated carbocycles. The minimum absolute atomic E-state index is 0.586. The highest BCUT2D eigenvalue weighted by Crippen LogP contribution is 2.28. The molecule has 6 nitrogen and oxygen atoms in total. The molecule has 0 bridgehead atoms. The van der Waals surface area contributed by atoms with Crippen LogP contribution in [0.1, 0.15) is 6.92 Å². The van der Waals surface area contributed by atoms with E-state index in [0.717, 1.165) is 50.0 Å². The minimum atomic E-state index is 0.586. The zero-order chi connectivity index (χ0) is 19.3. The fourth-order valence-electron chi connectivity index (χ4n) is 3.50. The largest absolute Gasteiger partial charge is 0.492 e. The normalized spacial score (nSPS) is 15.0. The molecule has 1 saturated heterocycles. The van der Waals surface area contributed by atoms with Crippen LogP contribution < -0.4 is 9.64 Å². The van der Waals surface area contributed by atoms with E-state index in [0.29, 0.717) is 11.4 Å². The lowest BCUT2D eigenvalue weighted by atomic mass is 10.2. The van der Waals surface area contributed by atoms with Crippen LogP contribution in [0.25, 0.3) is 11.4 Å². The summed E-state index contributed by atoms with van der Waals surface area (Å²) < 4.78 is 8.32. The molecule has 0 atom stereocenters. The Morgan fingerprint density at radius 1 is 1.00 bits per heavy atom. The quantitative estimate of drug-likeness (QED) is 0.644. The molecule has 1 aliphatic heterocycles. The van der Waals surface area contributed by atoms with Gasteiger partial charge in [0.25, 0.3) is 0 Å². The first-order valence-electron chi connectivity index (χ1n) is 9.66. The van der Waals surface area contributed by atoms with Gasteiger partial charge in [-0.2, -0.15) is 4.98 Å². The van der Waals surface area contributed by atoms with E-state index in [-0.39, 0.29) is 0 Å². The van der Waals surface area contributed by atoms with E-state index >= 15 is 0 Å².